The van der Waals surface area contributed by atoms with E-state index in [0.717, 1.165) is 29.9 Å². The average Bonchev–Trinajstić information content (AvgIpc) is 3.35. The number of halogens is 3. The molecular formula is C30H24F3GeNO2. The Morgan fingerprint density at radius 1 is 0.730 bits per heavy atom. The van der Waals surface area contributed by atoms with Crippen molar-refractivity contribution in [3.63, 3.8) is 0 Å². The molecule has 3 nitrogen and oxygen atoms in total. The summed E-state index contributed by atoms with van der Waals surface area (Å²) >= 11 is -3.89. The van der Waals surface area contributed by atoms with E-state index in [4.69, 9.17) is 4.74 Å². The Morgan fingerprint density at radius 3 is 1.57 bits per heavy atom. The van der Waals surface area contributed by atoms with Gasteiger partial charge < -0.3 is 0 Å². The van der Waals surface area contributed by atoms with Crippen molar-refractivity contribution in [3.8, 4) is 0 Å². The topological polar surface area (TPSA) is 29.5 Å². The zero-order chi connectivity index (χ0) is 25.9. The van der Waals surface area contributed by atoms with Crippen LogP contribution in [0.15, 0.2) is 120 Å². The summed E-state index contributed by atoms with van der Waals surface area (Å²) in [6.07, 6.45) is -3.00. The van der Waals surface area contributed by atoms with Crippen LogP contribution in [0.2, 0.25) is 0 Å². The molecule has 7 heteroatoms. The van der Waals surface area contributed by atoms with Gasteiger partial charge in [-0.05, 0) is 0 Å². The number of benzene rings is 4. The Balaban J connectivity index is 1.85. The standard InChI is InChI=1S/C30H24F3GeNO2/c31-30(32,33)24-18-16-23(17-19-24)22-28(35-20-21-37-29(35)36)34(25-10-4-1-5-11-25,26-12-6-2-7-13-26)27-14-8-3-9-15-27/h1-19,22H,20-21H2/b28-22-. The summed E-state index contributed by atoms with van der Waals surface area (Å²) in [7, 11) is 0. The zero-order valence-corrected chi connectivity index (χ0v) is 22.0. The molecule has 5 rings (SSSR count). The van der Waals surface area contributed by atoms with E-state index in [1.54, 1.807) is 4.90 Å². The molecule has 0 saturated carbocycles. The van der Waals surface area contributed by atoms with Crippen LogP contribution in [0.25, 0.3) is 6.08 Å². The molecule has 0 radical (unpaired) electrons. The fourth-order valence-corrected chi connectivity index (χ4v) is 15.3. The van der Waals surface area contributed by atoms with Crippen molar-refractivity contribution in [1.29, 1.82) is 0 Å². The SMILES string of the molecule is O=C1OCCN1/[C](=C\c1ccc(C(F)(F)F)cc1)[Ge]([c]1ccccc1)([c]1ccccc1)[c]1ccccc1. The van der Waals surface area contributed by atoms with E-state index >= 15 is 0 Å². The van der Waals surface area contributed by atoms with Gasteiger partial charge in [0.15, 0.2) is 0 Å². The molecule has 0 unspecified atom stereocenters. The summed E-state index contributed by atoms with van der Waals surface area (Å²) in [5, 5.41) is 0. The summed E-state index contributed by atoms with van der Waals surface area (Å²) in [6, 6.07) is 35.4. The van der Waals surface area contributed by atoms with Crippen LogP contribution < -0.4 is 13.2 Å². The van der Waals surface area contributed by atoms with E-state index in [1.165, 1.54) is 12.1 Å². The first-order chi connectivity index (χ1) is 17.9. The number of carbonyl (C=O) groups is 1. The number of alkyl halides is 3. The number of hydrogen-bond acceptors (Lipinski definition) is 2. The maximum absolute atomic E-state index is 13.3. The first-order valence-corrected chi connectivity index (χ1v) is 16.1. The molecule has 186 valence electrons. The Morgan fingerprint density at radius 2 is 1.19 bits per heavy atom. The van der Waals surface area contributed by atoms with E-state index in [9.17, 15) is 18.0 Å². The minimum atomic E-state index is -4.43. The number of cyclic esters (lactones) is 1. The molecule has 1 aliphatic heterocycles. The van der Waals surface area contributed by atoms with E-state index in [0.29, 0.717) is 12.1 Å². The van der Waals surface area contributed by atoms with Crippen molar-refractivity contribution in [2.24, 2.45) is 0 Å². The van der Waals surface area contributed by atoms with Crippen LogP contribution in [0.5, 0.6) is 0 Å². The second kappa shape index (κ2) is 10.3. The van der Waals surface area contributed by atoms with Gasteiger partial charge in [-0.2, -0.15) is 0 Å². The molecule has 4 aromatic carbocycles. The third-order valence-electron chi connectivity index (χ3n) is 6.60. The van der Waals surface area contributed by atoms with Crippen molar-refractivity contribution >= 4 is 38.6 Å². The number of amides is 1. The van der Waals surface area contributed by atoms with Gasteiger partial charge >= 0.3 is 216 Å². The van der Waals surface area contributed by atoms with Gasteiger partial charge in [0.05, 0.1) is 0 Å². The molecule has 0 spiro atoms. The molecule has 1 heterocycles. The quantitative estimate of drug-likeness (QED) is 0.304. The Bertz CT molecular complexity index is 1290. The molecule has 1 aliphatic rings. The number of ether oxygens (including phenoxy) is 1. The van der Waals surface area contributed by atoms with E-state index in [1.807, 2.05) is 60.7 Å². The van der Waals surface area contributed by atoms with Gasteiger partial charge in [-0.15, -0.1) is 0 Å². The summed E-state index contributed by atoms with van der Waals surface area (Å²) in [4.78, 5) is 14.7. The summed E-state index contributed by atoms with van der Waals surface area (Å²) < 4.78 is 49.2. The zero-order valence-electron chi connectivity index (χ0n) is 19.9. The maximum atomic E-state index is 13.3. The normalized spacial score (nSPS) is 14.5. The van der Waals surface area contributed by atoms with Crippen molar-refractivity contribution in [1.82, 2.24) is 4.90 Å². The number of rotatable bonds is 6. The van der Waals surface area contributed by atoms with Crippen molar-refractivity contribution < 1.29 is 22.7 Å². The van der Waals surface area contributed by atoms with Crippen LogP contribution in [-0.4, -0.2) is 37.4 Å². The molecular weight excluding hydrogens is 536 g/mol. The predicted octanol–water partition coefficient (Wildman–Crippen LogP) is 5.21. The molecule has 0 bridgehead atoms. The second-order valence-electron chi connectivity index (χ2n) is 8.76. The van der Waals surface area contributed by atoms with Gasteiger partial charge in [0.2, 0.25) is 0 Å². The van der Waals surface area contributed by atoms with Gasteiger partial charge in [-0.1, -0.05) is 0 Å². The van der Waals surface area contributed by atoms with Gasteiger partial charge in [0, 0.05) is 0 Å². The van der Waals surface area contributed by atoms with Gasteiger partial charge in [0.1, 0.15) is 0 Å². The molecule has 0 aliphatic carbocycles. The van der Waals surface area contributed by atoms with Crippen molar-refractivity contribution in [2.75, 3.05) is 13.2 Å². The van der Waals surface area contributed by atoms with Crippen LogP contribution in [0.4, 0.5) is 18.0 Å². The van der Waals surface area contributed by atoms with Crippen LogP contribution in [0.1, 0.15) is 11.1 Å². The van der Waals surface area contributed by atoms with E-state index < -0.39 is 31.1 Å². The van der Waals surface area contributed by atoms with E-state index in [2.05, 4.69) is 36.4 Å². The predicted molar refractivity (Wildman–Crippen MR) is 141 cm³/mol. The third kappa shape index (κ3) is 4.81. The first-order valence-electron chi connectivity index (χ1n) is 11.9. The van der Waals surface area contributed by atoms with Gasteiger partial charge in [-0.25, -0.2) is 0 Å². The summed E-state index contributed by atoms with van der Waals surface area (Å²) in [5.41, 5.74) is -0.130. The Kier molecular flexibility index (Phi) is 6.93. The van der Waals surface area contributed by atoms with Crippen molar-refractivity contribution in [3.05, 3.63) is 131 Å². The molecule has 1 fully saturated rings. The fraction of sp³-hybridized carbons (Fsp3) is 0.100. The fourth-order valence-electron chi connectivity index (χ4n) is 4.94. The van der Waals surface area contributed by atoms with Crippen LogP contribution >= 0.6 is 0 Å². The molecule has 37 heavy (non-hydrogen) atoms. The number of nitrogens with zero attached hydrogens (tertiary/aromatic N) is 1. The molecule has 0 N–H and O–H groups in total. The van der Waals surface area contributed by atoms with E-state index in [-0.39, 0.29) is 6.61 Å². The molecule has 0 aromatic heterocycles. The minimum absolute atomic E-state index is 0.250. The van der Waals surface area contributed by atoms with Gasteiger partial charge in [0.25, 0.3) is 0 Å². The van der Waals surface area contributed by atoms with Crippen LogP contribution in [0.3, 0.4) is 0 Å². The molecule has 4 aromatic rings. The average molecular weight is 560 g/mol. The number of hydrogen-bond donors (Lipinski definition) is 0. The van der Waals surface area contributed by atoms with Crippen molar-refractivity contribution in [2.45, 2.75) is 6.18 Å². The molecule has 1 saturated heterocycles. The monoisotopic (exact) mass is 561 g/mol. The summed E-state index contributed by atoms with van der Waals surface area (Å²) in [5.74, 6) is 0. The Labute approximate surface area is 216 Å². The molecule has 0 atom stereocenters. The Hall–Kier alpha value is -3.78. The first kappa shape index (κ1) is 24.9. The second-order valence-corrected chi connectivity index (χ2v) is 16.6. The summed E-state index contributed by atoms with van der Waals surface area (Å²) in [6.45, 7) is 0.616. The molecule has 1 amide bonds. The third-order valence-corrected chi connectivity index (χ3v) is 16.6. The van der Waals surface area contributed by atoms with Crippen LogP contribution in [0, 0.1) is 0 Å². The van der Waals surface area contributed by atoms with Gasteiger partial charge in [-0.3, -0.25) is 0 Å². The number of carbonyl (C=O) groups excluding carboxylic acids is 1. The van der Waals surface area contributed by atoms with Crippen LogP contribution in [-0.2, 0) is 10.9 Å².